The third-order valence-electron chi connectivity index (χ3n) is 4.89. The third-order valence-corrected chi connectivity index (χ3v) is 4.89. The van der Waals surface area contributed by atoms with Crippen LogP contribution in [0.25, 0.3) is 28.5 Å². The molecule has 2 aromatic carbocycles. The maximum absolute atomic E-state index is 14.7. The van der Waals surface area contributed by atoms with Crippen LogP contribution in [0.4, 0.5) is 4.39 Å². The molecule has 0 fully saturated rings. The van der Waals surface area contributed by atoms with E-state index < -0.39 is 0 Å². The number of aromatic nitrogens is 1. The van der Waals surface area contributed by atoms with Crippen molar-refractivity contribution >= 4 is 6.08 Å². The van der Waals surface area contributed by atoms with E-state index >= 15 is 0 Å². The van der Waals surface area contributed by atoms with Crippen molar-refractivity contribution in [1.29, 1.82) is 0 Å². The molecule has 3 aromatic rings. The van der Waals surface area contributed by atoms with Crippen LogP contribution in [0.5, 0.6) is 5.75 Å². The number of ether oxygens (including phenoxy) is 1. The molecule has 31 heavy (non-hydrogen) atoms. The van der Waals surface area contributed by atoms with Crippen molar-refractivity contribution in [2.45, 2.75) is 32.3 Å². The molecule has 3 nitrogen and oxygen atoms in total. The molecule has 0 aliphatic rings. The molecule has 160 valence electrons. The van der Waals surface area contributed by atoms with Gasteiger partial charge in [0.1, 0.15) is 18.2 Å². The molecule has 3 rings (SSSR count). The summed E-state index contributed by atoms with van der Waals surface area (Å²) in [4.78, 5) is 4.43. The first-order chi connectivity index (χ1) is 15.1. The molecule has 0 saturated heterocycles. The van der Waals surface area contributed by atoms with Crippen LogP contribution in [0.3, 0.4) is 0 Å². The Morgan fingerprint density at radius 1 is 1.10 bits per heavy atom. The van der Waals surface area contributed by atoms with Gasteiger partial charge in [0.05, 0.1) is 18.0 Å². The van der Waals surface area contributed by atoms with Gasteiger partial charge in [-0.25, -0.2) is 4.39 Å². The topological polar surface area (TPSA) is 42.4 Å². The lowest BCUT2D eigenvalue weighted by atomic mass is 10.0. The molecule has 1 N–H and O–H groups in total. The number of aliphatic hydroxyl groups is 1. The first kappa shape index (κ1) is 22.4. The molecule has 4 heteroatoms. The number of allylic oxidation sites excluding steroid dienone is 1. The second kappa shape index (κ2) is 11.2. The van der Waals surface area contributed by atoms with E-state index in [-0.39, 0.29) is 11.9 Å². The Kier molecular flexibility index (Phi) is 8.13. The minimum Gasteiger partial charge on any atom is -0.488 e. The van der Waals surface area contributed by atoms with E-state index in [1.54, 1.807) is 25.3 Å². The van der Waals surface area contributed by atoms with Crippen LogP contribution in [0.1, 0.15) is 31.7 Å². The Hall–Kier alpha value is -3.24. The summed E-state index contributed by atoms with van der Waals surface area (Å²) in [6.45, 7) is 5.86. The average Bonchev–Trinajstić information content (AvgIpc) is 2.78. The number of halogens is 1. The molecule has 1 aromatic heterocycles. The fourth-order valence-corrected chi connectivity index (χ4v) is 3.23. The zero-order valence-corrected chi connectivity index (χ0v) is 17.8. The van der Waals surface area contributed by atoms with Gasteiger partial charge in [0, 0.05) is 11.1 Å². The lowest BCUT2D eigenvalue weighted by Crippen LogP contribution is -1.97. The van der Waals surface area contributed by atoms with Gasteiger partial charge in [0.2, 0.25) is 0 Å². The summed E-state index contributed by atoms with van der Waals surface area (Å²) in [6, 6.07) is 16.7. The molecule has 0 radical (unpaired) electrons. The van der Waals surface area contributed by atoms with Gasteiger partial charge in [-0.05, 0) is 55.5 Å². The zero-order chi connectivity index (χ0) is 22.1. The molecule has 0 spiro atoms. The van der Waals surface area contributed by atoms with Crippen molar-refractivity contribution in [1.82, 2.24) is 4.98 Å². The lowest BCUT2D eigenvalue weighted by molar-refractivity contribution is 0.182. The Morgan fingerprint density at radius 3 is 2.52 bits per heavy atom. The highest BCUT2D eigenvalue weighted by Crippen LogP contribution is 2.27. The van der Waals surface area contributed by atoms with E-state index in [4.69, 9.17) is 4.74 Å². The number of benzene rings is 2. The fourth-order valence-electron chi connectivity index (χ4n) is 3.23. The van der Waals surface area contributed by atoms with Gasteiger partial charge in [0.25, 0.3) is 0 Å². The number of hydrogen-bond acceptors (Lipinski definition) is 3. The smallest absolute Gasteiger partial charge is 0.138 e. The number of pyridine rings is 1. The van der Waals surface area contributed by atoms with Gasteiger partial charge in [-0.1, -0.05) is 61.2 Å². The molecular weight excluding hydrogens is 389 g/mol. The summed E-state index contributed by atoms with van der Waals surface area (Å²) in [5, 5.41) is 9.28. The SMILES string of the molecule is C=CCOc1ccc(-c2ccc(-c3ccc(C=CCCCC(C)O)cc3F)cc2)nc1. The predicted octanol–water partition coefficient (Wildman–Crippen LogP) is 6.68. The molecule has 1 unspecified atom stereocenters. The van der Waals surface area contributed by atoms with Gasteiger partial charge < -0.3 is 9.84 Å². The Balaban J connectivity index is 1.66. The van der Waals surface area contributed by atoms with Crippen LogP contribution in [0, 0.1) is 5.82 Å². The zero-order valence-electron chi connectivity index (χ0n) is 17.8. The number of nitrogens with zero attached hydrogens (tertiary/aromatic N) is 1. The second-order valence-electron chi connectivity index (χ2n) is 7.48. The van der Waals surface area contributed by atoms with Crippen molar-refractivity contribution in [3.05, 3.63) is 90.9 Å². The van der Waals surface area contributed by atoms with E-state index in [0.29, 0.717) is 17.9 Å². The molecular formula is C27H28FNO2. The normalized spacial score (nSPS) is 12.1. The van der Waals surface area contributed by atoms with Crippen LogP contribution in [0.15, 0.2) is 79.5 Å². The molecule has 1 heterocycles. The Labute approximate surface area is 183 Å². The number of unbranched alkanes of at least 4 members (excludes halogenated alkanes) is 1. The van der Waals surface area contributed by atoms with E-state index in [1.165, 1.54) is 0 Å². The third kappa shape index (κ3) is 6.63. The van der Waals surface area contributed by atoms with E-state index in [0.717, 1.165) is 41.6 Å². The summed E-state index contributed by atoms with van der Waals surface area (Å²) in [7, 11) is 0. The summed E-state index contributed by atoms with van der Waals surface area (Å²) < 4.78 is 20.1. The lowest BCUT2D eigenvalue weighted by Gasteiger charge is -2.08. The highest BCUT2D eigenvalue weighted by atomic mass is 19.1. The molecule has 0 saturated carbocycles. The number of aliphatic hydroxyl groups excluding tert-OH is 1. The maximum atomic E-state index is 14.7. The largest absolute Gasteiger partial charge is 0.488 e. The quantitative estimate of drug-likeness (QED) is 0.295. The van der Waals surface area contributed by atoms with Crippen LogP contribution >= 0.6 is 0 Å². The summed E-state index contributed by atoms with van der Waals surface area (Å²) in [5.41, 5.74) is 4.00. The van der Waals surface area contributed by atoms with E-state index in [1.807, 2.05) is 60.7 Å². The minimum atomic E-state index is -0.275. The Morgan fingerprint density at radius 2 is 1.87 bits per heavy atom. The van der Waals surface area contributed by atoms with Gasteiger partial charge in [0.15, 0.2) is 0 Å². The van der Waals surface area contributed by atoms with Gasteiger partial charge >= 0.3 is 0 Å². The average molecular weight is 418 g/mol. The fraction of sp³-hybridized carbons (Fsp3) is 0.222. The monoisotopic (exact) mass is 417 g/mol. The van der Waals surface area contributed by atoms with Gasteiger partial charge in [-0.3, -0.25) is 4.98 Å². The molecule has 0 aliphatic heterocycles. The van der Waals surface area contributed by atoms with Gasteiger partial charge in [-0.15, -0.1) is 0 Å². The summed E-state index contributed by atoms with van der Waals surface area (Å²) in [5.74, 6) is 0.445. The van der Waals surface area contributed by atoms with Crippen LogP contribution < -0.4 is 4.74 Å². The highest BCUT2D eigenvalue weighted by Gasteiger charge is 2.07. The van der Waals surface area contributed by atoms with Crippen LogP contribution in [-0.2, 0) is 0 Å². The van der Waals surface area contributed by atoms with Crippen molar-refractivity contribution in [2.24, 2.45) is 0 Å². The predicted molar refractivity (Wildman–Crippen MR) is 125 cm³/mol. The van der Waals surface area contributed by atoms with Crippen molar-refractivity contribution in [3.63, 3.8) is 0 Å². The van der Waals surface area contributed by atoms with E-state index in [9.17, 15) is 9.50 Å². The standard InChI is InChI=1S/C27H28FNO2/c1-3-17-31-24-14-16-27(29-19-24)23-12-10-22(11-13-23)25-15-9-21(18-26(25)28)8-6-4-5-7-20(2)30/h3,6,8-16,18-20,30H,1,4-5,7,17H2,2H3. The minimum absolute atomic E-state index is 0.249. The summed E-state index contributed by atoms with van der Waals surface area (Å²) >= 11 is 0. The van der Waals surface area contributed by atoms with Crippen molar-refractivity contribution in [3.8, 4) is 28.1 Å². The number of rotatable bonds is 10. The second-order valence-corrected chi connectivity index (χ2v) is 7.48. The van der Waals surface area contributed by atoms with Crippen LogP contribution in [-0.4, -0.2) is 22.8 Å². The maximum Gasteiger partial charge on any atom is 0.138 e. The molecule has 0 aliphatic carbocycles. The first-order valence-corrected chi connectivity index (χ1v) is 10.5. The summed E-state index contributed by atoms with van der Waals surface area (Å²) in [6.07, 6.45) is 9.60. The van der Waals surface area contributed by atoms with Crippen molar-refractivity contribution < 1.29 is 14.2 Å². The van der Waals surface area contributed by atoms with Gasteiger partial charge in [-0.2, -0.15) is 0 Å². The van der Waals surface area contributed by atoms with Crippen LogP contribution in [0.2, 0.25) is 0 Å². The van der Waals surface area contributed by atoms with E-state index in [2.05, 4.69) is 11.6 Å². The molecule has 0 bridgehead atoms. The molecule has 1 atom stereocenters. The number of hydrogen-bond donors (Lipinski definition) is 1. The highest BCUT2D eigenvalue weighted by molar-refractivity contribution is 5.70. The Bertz CT molecular complexity index is 1010. The van der Waals surface area contributed by atoms with Crippen molar-refractivity contribution in [2.75, 3.05) is 6.61 Å². The molecule has 0 amide bonds. The first-order valence-electron chi connectivity index (χ1n) is 10.5.